The number of aliphatic imine (C=N–C) groups is 1. The first kappa shape index (κ1) is 34.1. The van der Waals surface area contributed by atoms with Crippen molar-refractivity contribution in [3.63, 3.8) is 0 Å². The number of rotatable bonds is 18. The highest BCUT2D eigenvalue weighted by Gasteiger charge is 2.30. The third-order valence-electron chi connectivity index (χ3n) is 6.35. The van der Waals surface area contributed by atoms with Gasteiger partial charge < -0.3 is 38.3 Å². The van der Waals surface area contributed by atoms with Crippen LogP contribution in [0.4, 0.5) is 0 Å². The Morgan fingerprint density at radius 3 is 1.86 bits per heavy atom. The van der Waals surface area contributed by atoms with E-state index < -0.39 is 47.9 Å². The third kappa shape index (κ3) is 12.6. The number of hydrogen-bond acceptors (Lipinski definition) is 7. The smallest absolute Gasteiger partial charge is 0.326 e. The maximum atomic E-state index is 13.5. The molecule has 228 valence electrons. The summed E-state index contributed by atoms with van der Waals surface area (Å²) in [5, 5.41) is 17.6. The van der Waals surface area contributed by atoms with Gasteiger partial charge in [-0.25, -0.2) is 4.79 Å². The number of benzene rings is 2. The molecule has 2 rings (SSSR count). The van der Waals surface area contributed by atoms with E-state index in [9.17, 15) is 24.3 Å². The predicted octanol–water partition coefficient (Wildman–Crippen LogP) is 0.145. The highest BCUT2D eigenvalue weighted by molar-refractivity contribution is 7.98. The molecule has 0 radical (unpaired) electrons. The van der Waals surface area contributed by atoms with Crippen LogP contribution in [-0.2, 0) is 32.0 Å². The van der Waals surface area contributed by atoms with Gasteiger partial charge in [-0.2, -0.15) is 11.8 Å². The van der Waals surface area contributed by atoms with Gasteiger partial charge >= 0.3 is 5.97 Å². The molecule has 42 heavy (non-hydrogen) atoms. The third-order valence-corrected chi connectivity index (χ3v) is 7.00. The molecule has 4 atom stereocenters. The minimum Gasteiger partial charge on any atom is -0.480 e. The average Bonchev–Trinajstić information content (AvgIpc) is 2.96. The molecule has 0 aliphatic carbocycles. The van der Waals surface area contributed by atoms with Gasteiger partial charge in [-0.3, -0.25) is 19.4 Å². The molecule has 0 aliphatic heterocycles. The van der Waals surface area contributed by atoms with Gasteiger partial charge in [-0.15, -0.1) is 0 Å². The van der Waals surface area contributed by atoms with Gasteiger partial charge in [0.05, 0.1) is 6.04 Å². The van der Waals surface area contributed by atoms with E-state index in [1.54, 1.807) is 0 Å². The van der Waals surface area contributed by atoms with E-state index >= 15 is 0 Å². The maximum Gasteiger partial charge on any atom is 0.326 e. The molecule has 0 spiro atoms. The summed E-state index contributed by atoms with van der Waals surface area (Å²) in [5.41, 5.74) is 18.5. The number of carbonyl (C=O) groups is 4. The van der Waals surface area contributed by atoms with Gasteiger partial charge in [0.25, 0.3) is 0 Å². The zero-order chi connectivity index (χ0) is 30.9. The number of carboxylic acids is 1. The minimum absolute atomic E-state index is 0.0903. The number of nitrogens with zero attached hydrogens (tertiary/aromatic N) is 1. The lowest BCUT2D eigenvalue weighted by molar-refractivity contribution is -0.142. The molecule has 12 nitrogen and oxygen atoms in total. The summed E-state index contributed by atoms with van der Waals surface area (Å²) in [6.45, 7) is 0.210. The van der Waals surface area contributed by atoms with Crippen LogP contribution in [0.2, 0.25) is 0 Å². The first-order chi connectivity index (χ1) is 20.1. The monoisotopic (exact) mass is 599 g/mol. The van der Waals surface area contributed by atoms with E-state index in [0.29, 0.717) is 12.2 Å². The van der Waals surface area contributed by atoms with Crippen LogP contribution in [-0.4, -0.2) is 77.5 Å². The van der Waals surface area contributed by atoms with Crippen LogP contribution in [0.25, 0.3) is 0 Å². The number of nitrogens with two attached hydrogens (primary N) is 3. The fourth-order valence-electron chi connectivity index (χ4n) is 4.11. The molecule has 2 aromatic rings. The molecule has 13 heteroatoms. The molecule has 0 aliphatic rings. The number of guanidine groups is 1. The first-order valence-electron chi connectivity index (χ1n) is 13.6. The van der Waals surface area contributed by atoms with E-state index in [2.05, 4.69) is 20.9 Å². The Hall–Kier alpha value is -4.10. The van der Waals surface area contributed by atoms with E-state index in [-0.39, 0.29) is 38.2 Å². The summed E-state index contributed by atoms with van der Waals surface area (Å²) >= 11 is 1.47. The van der Waals surface area contributed by atoms with Gasteiger partial charge in [-0.05, 0) is 48.8 Å². The molecule has 10 N–H and O–H groups in total. The zero-order valence-corrected chi connectivity index (χ0v) is 24.5. The quantitative estimate of drug-likeness (QED) is 0.0704. The van der Waals surface area contributed by atoms with Crippen LogP contribution in [0.5, 0.6) is 0 Å². The Bertz CT molecular complexity index is 1180. The molecule has 0 heterocycles. The van der Waals surface area contributed by atoms with E-state index in [0.717, 1.165) is 11.1 Å². The molecular formula is C29H41N7O5S. The van der Waals surface area contributed by atoms with Crippen molar-refractivity contribution < 1.29 is 24.3 Å². The Labute approximate surface area is 250 Å². The minimum atomic E-state index is -1.22. The second-order valence-corrected chi connectivity index (χ2v) is 10.7. The largest absolute Gasteiger partial charge is 0.480 e. The SMILES string of the molecule is CSCCC(NC(=O)C(Cc1ccccc1)NC(=O)C(N)Cc1ccccc1)C(=O)NC(CCCN=C(N)N)C(=O)O. The fourth-order valence-corrected chi connectivity index (χ4v) is 4.58. The summed E-state index contributed by atoms with van der Waals surface area (Å²) in [5.74, 6) is -2.53. The van der Waals surface area contributed by atoms with Gasteiger partial charge in [-0.1, -0.05) is 60.7 Å². The normalized spacial score (nSPS) is 13.6. The molecule has 0 saturated heterocycles. The number of carboxylic acid groups (broad SMARTS) is 1. The summed E-state index contributed by atoms with van der Waals surface area (Å²) in [6.07, 6.45) is 2.96. The highest BCUT2D eigenvalue weighted by Crippen LogP contribution is 2.09. The number of aliphatic carboxylic acids is 1. The van der Waals surface area contributed by atoms with E-state index in [1.165, 1.54) is 11.8 Å². The maximum absolute atomic E-state index is 13.5. The lowest BCUT2D eigenvalue weighted by Crippen LogP contribution is -2.58. The van der Waals surface area contributed by atoms with Crippen molar-refractivity contribution in [2.24, 2.45) is 22.2 Å². The highest BCUT2D eigenvalue weighted by atomic mass is 32.2. The molecule has 0 bridgehead atoms. The Morgan fingerprint density at radius 1 is 0.786 bits per heavy atom. The van der Waals surface area contributed by atoms with Gasteiger partial charge in [0.2, 0.25) is 17.7 Å². The second kappa shape index (κ2) is 18.4. The second-order valence-electron chi connectivity index (χ2n) is 9.74. The van der Waals surface area contributed by atoms with Crippen molar-refractivity contribution in [3.8, 4) is 0 Å². The van der Waals surface area contributed by atoms with Gasteiger partial charge in [0, 0.05) is 13.0 Å². The summed E-state index contributed by atoms with van der Waals surface area (Å²) in [6, 6.07) is 14.3. The van der Waals surface area contributed by atoms with E-state index in [4.69, 9.17) is 17.2 Å². The topological polar surface area (TPSA) is 215 Å². The van der Waals surface area contributed by atoms with E-state index in [1.807, 2.05) is 66.9 Å². The van der Waals surface area contributed by atoms with Crippen LogP contribution >= 0.6 is 11.8 Å². The van der Waals surface area contributed by atoms with Crippen LogP contribution in [0, 0.1) is 0 Å². The molecule has 0 aromatic heterocycles. The Morgan fingerprint density at radius 2 is 1.31 bits per heavy atom. The van der Waals surface area contributed by atoms with Crippen molar-refractivity contribution in [1.82, 2.24) is 16.0 Å². The summed E-state index contributed by atoms with van der Waals surface area (Å²) < 4.78 is 0. The van der Waals surface area contributed by atoms with Crippen molar-refractivity contribution in [1.29, 1.82) is 0 Å². The lowest BCUT2D eigenvalue weighted by Gasteiger charge is -2.25. The zero-order valence-electron chi connectivity index (χ0n) is 23.7. The standard InChI is InChI=1S/C29H41N7O5S/c1-42-16-14-22(26(38)35-23(28(40)41)13-8-15-33-29(31)32)34-27(39)24(18-20-11-6-3-7-12-20)36-25(37)21(30)17-19-9-4-2-5-10-19/h2-7,9-12,21-24H,8,13-18,30H2,1H3,(H,34,39)(H,35,38)(H,36,37)(H,40,41)(H4,31,32,33). The average molecular weight is 600 g/mol. The van der Waals surface area contributed by atoms with Crippen molar-refractivity contribution in [2.75, 3.05) is 18.6 Å². The van der Waals surface area contributed by atoms with Gasteiger partial charge in [0.15, 0.2) is 5.96 Å². The number of amides is 3. The molecular weight excluding hydrogens is 558 g/mol. The molecule has 4 unspecified atom stereocenters. The molecule has 0 fully saturated rings. The van der Waals surface area contributed by atoms with Gasteiger partial charge in [0.1, 0.15) is 18.1 Å². The number of carbonyl (C=O) groups excluding carboxylic acids is 3. The Kier molecular flexibility index (Phi) is 14.9. The first-order valence-corrected chi connectivity index (χ1v) is 15.0. The number of nitrogens with one attached hydrogen (secondary N) is 3. The van der Waals surface area contributed by atoms with Crippen LogP contribution in [0.15, 0.2) is 65.7 Å². The summed E-state index contributed by atoms with van der Waals surface area (Å²) in [4.78, 5) is 55.4. The van der Waals surface area contributed by atoms with Crippen molar-refractivity contribution >= 4 is 41.4 Å². The fraction of sp³-hybridized carbons (Fsp3) is 0.414. The molecule has 3 amide bonds. The van der Waals surface area contributed by atoms with Crippen LogP contribution in [0.1, 0.15) is 30.4 Å². The molecule has 0 saturated carbocycles. The predicted molar refractivity (Wildman–Crippen MR) is 165 cm³/mol. The Balaban J connectivity index is 2.16. The van der Waals surface area contributed by atoms with Crippen LogP contribution < -0.4 is 33.2 Å². The van der Waals surface area contributed by atoms with Crippen molar-refractivity contribution in [3.05, 3.63) is 71.8 Å². The number of thioether (sulfide) groups is 1. The lowest BCUT2D eigenvalue weighted by atomic mass is 10.0. The summed E-state index contributed by atoms with van der Waals surface area (Å²) in [7, 11) is 0. The van der Waals surface area contributed by atoms with Crippen LogP contribution in [0.3, 0.4) is 0 Å². The van der Waals surface area contributed by atoms with Crippen molar-refractivity contribution in [2.45, 2.75) is 56.3 Å². The number of hydrogen-bond donors (Lipinski definition) is 7. The molecule has 2 aromatic carbocycles.